The molecular formula is C11H15N2+. The Labute approximate surface area is 78.7 Å². The van der Waals surface area contributed by atoms with Gasteiger partial charge >= 0.3 is 0 Å². The van der Waals surface area contributed by atoms with Gasteiger partial charge in [0.25, 0.3) is 0 Å². The third kappa shape index (κ3) is 2.08. The van der Waals surface area contributed by atoms with E-state index in [4.69, 9.17) is 0 Å². The lowest BCUT2D eigenvalue weighted by atomic mass is 10.2. The van der Waals surface area contributed by atoms with Crippen molar-refractivity contribution in [2.45, 2.75) is 19.8 Å². The molecule has 0 saturated heterocycles. The number of benzene rings is 1. The Morgan fingerprint density at radius 2 is 2.31 bits per heavy atom. The molecule has 0 unspecified atom stereocenters. The monoisotopic (exact) mass is 175 g/mol. The van der Waals surface area contributed by atoms with Crippen molar-refractivity contribution in [2.24, 2.45) is 0 Å². The summed E-state index contributed by atoms with van der Waals surface area (Å²) in [6.45, 7) is 3.21. The smallest absolute Gasteiger partial charge is 0.247 e. The third-order valence-electron chi connectivity index (χ3n) is 2.26. The standard InChI is InChI=1S/C11H14N2/c1-9-4-2-5-10(8-9)13-11-6-3-7-12-11/h2,4-5,8H,3,6-7H2,1H3,(H,12,13)/p+1. The molecule has 1 aliphatic rings. The Bertz CT molecular complexity index is 329. The third-order valence-corrected chi connectivity index (χ3v) is 2.26. The van der Waals surface area contributed by atoms with Gasteiger partial charge in [-0.15, -0.1) is 0 Å². The quantitative estimate of drug-likeness (QED) is 0.645. The molecule has 1 aromatic carbocycles. The van der Waals surface area contributed by atoms with Gasteiger partial charge in [-0.2, -0.15) is 0 Å². The van der Waals surface area contributed by atoms with Crippen LogP contribution >= 0.6 is 0 Å². The minimum absolute atomic E-state index is 1.11. The van der Waals surface area contributed by atoms with Gasteiger partial charge in [-0.05, 0) is 31.0 Å². The summed E-state index contributed by atoms with van der Waals surface area (Å²) in [6, 6.07) is 8.44. The average Bonchev–Trinajstić information content (AvgIpc) is 2.57. The molecular weight excluding hydrogens is 160 g/mol. The number of hydrogen-bond donors (Lipinski definition) is 2. The molecule has 1 aromatic rings. The molecule has 0 aromatic heterocycles. The topological polar surface area (TPSA) is 26.0 Å². The van der Waals surface area contributed by atoms with E-state index < -0.39 is 0 Å². The number of aryl methyl sites for hydroxylation is 1. The molecule has 2 nitrogen and oxygen atoms in total. The normalized spacial score (nSPS) is 15.6. The summed E-state index contributed by atoms with van der Waals surface area (Å²) in [5.41, 5.74) is 2.48. The number of amidine groups is 1. The van der Waals surface area contributed by atoms with E-state index in [9.17, 15) is 0 Å². The zero-order valence-electron chi connectivity index (χ0n) is 7.93. The van der Waals surface area contributed by atoms with E-state index in [0.29, 0.717) is 0 Å². The lowest BCUT2D eigenvalue weighted by Crippen LogP contribution is -2.70. The molecule has 13 heavy (non-hydrogen) atoms. The first kappa shape index (κ1) is 8.30. The first-order valence-electron chi connectivity index (χ1n) is 4.78. The summed E-state index contributed by atoms with van der Waals surface area (Å²) in [6.07, 6.45) is 2.39. The number of nitrogens with one attached hydrogen (secondary N) is 2. The number of anilines is 1. The van der Waals surface area contributed by atoms with Gasteiger partial charge in [0.05, 0.1) is 13.0 Å². The summed E-state index contributed by atoms with van der Waals surface area (Å²) in [4.78, 5) is 3.33. The highest BCUT2D eigenvalue weighted by Gasteiger charge is 2.12. The van der Waals surface area contributed by atoms with Crippen molar-refractivity contribution < 1.29 is 4.99 Å². The minimum atomic E-state index is 1.11. The van der Waals surface area contributed by atoms with E-state index in [1.165, 1.54) is 23.5 Å². The molecule has 0 bridgehead atoms. The van der Waals surface area contributed by atoms with Gasteiger partial charge in [-0.1, -0.05) is 12.1 Å². The van der Waals surface area contributed by atoms with E-state index in [1.54, 1.807) is 0 Å². The summed E-state index contributed by atoms with van der Waals surface area (Å²) in [7, 11) is 0. The van der Waals surface area contributed by atoms with Crippen molar-refractivity contribution in [1.82, 2.24) is 0 Å². The molecule has 68 valence electrons. The Kier molecular flexibility index (Phi) is 2.30. The summed E-state index contributed by atoms with van der Waals surface area (Å²) < 4.78 is 0. The Hall–Kier alpha value is -1.31. The highest BCUT2D eigenvalue weighted by Crippen LogP contribution is 2.09. The van der Waals surface area contributed by atoms with Crippen LogP contribution in [0.5, 0.6) is 0 Å². The van der Waals surface area contributed by atoms with Crippen LogP contribution in [0.4, 0.5) is 5.69 Å². The van der Waals surface area contributed by atoms with Crippen molar-refractivity contribution >= 4 is 11.5 Å². The predicted octanol–water partition coefficient (Wildman–Crippen LogP) is 0.680. The van der Waals surface area contributed by atoms with Crippen LogP contribution in [0.2, 0.25) is 0 Å². The van der Waals surface area contributed by atoms with Crippen LogP contribution in [0.1, 0.15) is 18.4 Å². The molecule has 0 aliphatic carbocycles. The molecule has 0 saturated carbocycles. The maximum Gasteiger partial charge on any atom is 0.247 e. The van der Waals surface area contributed by atoms with Crippen LogP contribution in [-0.4, -0.2) is 12.4 Å². The Balaban J connectivity index is 2.09. The van der Waals surface area contributed by atoms with Crippen LogP contribution < -0.4 is 10.3 Å². The van der Waals surface area contributed by atoms with Crippen molar-refractivity contribution in [3.05, 3.63) is 29.8 Å². The first-order valence-corrected chi connectivity index (χ1v) is 4.78. The van der Waals surface area contributed by atoms with Crippen molar-refractivity contribution in [2.75, 3.05) is 11.9 Å². The van der Waals surface area contributed by atoms with Gasteiger partial charge in [-0.25, -0.2) is 5.32 Å². The maximum absolute atomic E-state index is 3.39. The predicted molar refractivity (Wildman–Crippen MR) is 54.9 cm³/mol. The van der Waals surface area contributed by atoms with Gasteiger partial charge in [0.1, 0.15) is 5.69 Å². The minimum Gasteiger partial charge on any atom is -0.278 e. The zero-order valence-corrected chi connectivity index (χ0v) is 7.93. The second-order valence-electron chi connectivity index (χ2n) is 3.50. The highest BCUT2D eigenvalue weighted by atomic mass is 15.0. The van der Waals surface area contributed by atoms with Crippen LogP contribution in [0, 0.1) is 6.92 Å². The van der Waals surface area contributed by atoms with Crippen LogP contribution in [0.3, 0.4) is 0 Å². The Morgan fingerprint density at radius 3 is 3.00 bits per heavy atom. The number of rotatable bonds is 1. The maximum atomic E-state index is 3.39. The van der Waals surface area contributed by atoms with Crippen LogP contribution in [0.15, 0.2) is 24.3 Å². The largest absolute Gasteiger partial charge is 0.278 e. The molecule has 0 amide bonds. The first-order chi connectivity index (χ1) is 6.34. The van der Waals surface area contributed by atoms with Crippen molar-refractivity contribution in [3.8, 4) is 0 Å². The van der Waals surface area contributed by atoms with E-state index in [0.717, 1.165) is 13.0 Å². The molecule has 0 atom stereocenters. The Morgan fingerprint density at radius 1 is 1.38 bits per heavy atom. The van der Waals surface area contributed by atoms with Gasteiger partial charge in [-0.3, -0.25) is 4.99 Å². The summed E-state index contributed by atoms with van der Waals surface area (Å²) in [5.74, 6) is 1.26. The van der Waals surface area contributed by atoms with Gasteiger partial charge < -0.3 is 0 Å². The van der Waals surface area contributed by atoms with Crippen molar-refractivity contribution in [3.63, 3.8) is 0 Å². The van der Waals surface area contributed by atoms with Crippen molar-refractivity contribution in [1.29, 1.82) is 0 Å². The zero-order chi connectivity index (χ0) is 9.10. The van der Waals surface area contributed by atoms with E-state index in [-0.39, 0.29) is 0 Å². The van der Waals surface area contributed by atoms with Gasteiger partial charge in [0.15, 0.2) is 0 Å². The fourth-order valence-electron chi connectivity index (χ4n) is 1.60. The second kappa shape index (κ2) is 3.60. The average molecular weight is 175 g/mol. The molecule has 2 N–H and O–H groups in total. The SMILES string of the molecule is Cc1cccc(NC2=[NH+]CCC2)c1. The fourth-order valence-corrected chi connectivity index (χ4v) is 1.60. The summed E-state index contributed by atoms with van der Waals surface area (Å²) >= 11 is 0. The van der Waals surface area contributed by atoms with E-state index in [2.05, 4.69) is 41.5 Å². The molecule has 0 spiro atoms. The summed E-state index contributed by atoms with van der Waals surface area (Å²) in [5, 5.41) is 3.39. The molecule has 0 fully saturated rings. The molecule has 1 aliphatic heterocycles. The molecule has 0 radical (unpaired) electrons. The fraction of sp³-hybridized carbons (Fsp3) is 0.364. The lowest BCUT2D eigenvalue weighted by Gasteiger charge is -1.98. The van der Waals surface area contributed by atoms with Gasteiger partial charge in [0, 0.05) is 0 Å². The van der Waals surface area contributed by atoms with Crippen LogP contribution in [-0.2, 0) is 0 Å². The van der Waals surface area contributed by atoms with Crippen LogP contribution in [0.25, 0.3) is 0 Å². The number of hydrogen-bond acceptors (Lipinski definition) is 1. The van der Waals surface area contributed by atoms with Gasteiger partial charge in [0.2, 0.25) is 5.84 Å². The van der Waals surface area contributed by atoms with E-state index >= 15 is 0 Å². The lowest BCUT2D eigenvalue weighted by molar-refractivity contribution is -0.447. The molecule has 2 rings (SSSR count). The second-order valence-corrected chi connectivity index (χ2v) is 3.50. The highest BCUT2D eigenvalue weighted by molar-refractivity contribution is 5.91. The molecule has 1 heterocycles. The molecule has 2 heteroatoms. The van der Waals surface area contributed by atoms with E-state index in [1.807, 2.05) is 0 Å².